The lowest BCUT2D eigenvalue weighted by atomic mass is 10.0. The molecular weight excluding hydrogens is 428 g/mol. The molecule has 0 bridgehead atoms. The van der Waals surface area contributed by atoms with Gasteiger partial charge >= 0.3 is 11.6 Å². The van der Waals surface area contributed by atoms with Gasteiger partial charge in [0.15, 0.2) is 0 Å². The number of furan rings is 1. The first-order chi connectivity index (χ1) is 15.6. The predicted octanol–water partition coefficient (Wildman–Crippen LogP) is 2.88. The van der Waals surface area contributed by atoms with E-state index >= 15 is 0 Å². The van der Waals surface area contributed by atoms with Crippen molar-refractivity contribution < 1.29 is 28.3 Å². The number of rotatable bonds is 9. The smallest absolute Gasteiger partial charge is 0.340 e. The van der Waals surface area contributed by atoms with E-state index in [1.54, 1.807) is 19.9 Å². The molecule has 176 valence electrons. The Morgan fingerprint density at radius 3 is 2.36 bits per heavy atom. The highest BCUT2D eigenvalue weighted by atomic mass is 16.4. The molecule has 0 saturated heterocycles. The lowest BCUT2D eigenvalue weighted by molar-refractivity contribution is -0.137. The van der Waals surface area contributed by atoms with Gasteiger partial charge in [0.05, 0.1) is 12.0 Å². The van der Waals surface area contributed by atoms with Gasteiger partial charge < -0.3 is 24.6 Å². The van der Waals surface area contributed by atoms with Crippen molar-refractivity contribution in [2.45, 2.75) is 59.4 Å². The van der Waals surface area contributed by atoms with Crippen LogP contribution in [0.15, 0.2) is 25.8 Å². The molecule has 0 aliphatic rings. The molecule has 2 heterocycles. The first-order valence-corrected chi connectivity index (χ1v) is 10.9. The van der Waals surface area contributed by atoms with Crippen molar-refractivity contribution in [3.05, 3.63) is 45.0 Å². The van der Waals surface area contributed by atoms with E-state index < -0.39 is 29.5 Å². The standard InChI is InChI=1S/C24H28N2O7/c1-5-18(23(30)25-8-6-7-22(28)29)26-21(27)10-17-13(3)16-9-15-12(2)14(4)32-19(15)11-20(16)33-24(17)31/h9,11,18H,5-8,10H2,1-4H3,(H,25,30)(H,26,27)(H,28,29). The Bertz CT molecular complexity index is 1290. The first kappa shape index (κ1) is 24.0. The molecule has 1 atom stereocenters. The zero-order valence-corrected chi connectivity index (χ0v) is 19.2. The monoisotopic (exact) mass is 456 g/mol. The molecule has 2 amide bonds. The van der Waals surface area contributed by atoms with Crippen LogP contribution in [0.3, 0.4) is 0 Å². The van der Waals surface area contributed by atoms with E-state index in [-0.39, 0.29) is 24.9 Å². The summed E-state index contributed by atoms with van der Waals surface area (Å²) in [5.41, 5.74) is 2.27. The molecule has 9 heteroatoms. The molecule has 1 unspecified atom stereocenters. The Balaban J connectivity index is 1.77. The first-order valence-electron chi connectivity index (χ1n) is 10.9. The van der Waals surface area contributed by atoms with E-state index in [0.29, 0.717) is 29.6 Å². The van der Waals surface area contributed by atoms with Crippen LogP contribution in [0.2, 0.25) is 0 Å². The molecule has 33 heavy (non-hydrogen) atoms. The second kappa shape index (κ2) is 9.89. The molecule has 0 aliphatic heterocycles. The minimum absolute atomic E-state index is 0.0509. The van der Waals surface area contributed by atoms with E-state index in [9.17, 15) is 19.2 Å². The largest absolute Gasteiger partial charge is 0.481 e. The summed E-state index contributed by atoms with van der Waals surface area (Å²) in [6, 6.07) is 2.80. The minimum Gasteiger partial charge on any atom is -0.481 e. The highest BCUT2D eigenvalue weighted by Crippen LogP contribution is 2.31. The van der Waals surface area contributed by atoms with Crippen LogP contribution >= 0.6 is 0 Å². The number of carbonyl (C=O) groups excluding carboxylic acids is 2. The number of aliphatic carboxylic acids is 1. The van der Waals surface area contributed by atoms with Gasteiger partial charge in [0.1, 0.15) is 23.0 Å². The van der Waals surface area contributed by atoms with Gasteiger partial charge in [-0.3, -0.25) is 14.4 Å². The summed E-state index contributed by atoms with van der Waals surface area (Å²) in [5, 5.41) is 15.6. The Kier molecular flexibility index (Phi) is 7.20. The van der Waals surface area contributed by atoms with Gasteiger partial charge in [-0.05, 0) is 50.8 Å². The number of benzene rings is 1. The third kappa shape index (κ3) is 5.24. The van der Waals surface area contributed by atoms with E-state index in [2.05, 4.69) is 10.6 Å². The quantitative estimate of drug-likeness (QED) is 0.332. The molecule has 0 aliphatic carbocycles. The SMILES string of the molecule is CCC(NC(=O)Cc1c(C)c2cc3c(C)c(C)oc3cc2oc1=O)C(=O)NCCCC(=O)O. The Hall–Kier alpha value is -3.62. The molecule has 9 nitrogen and oxygen atoms in total. The van der Waals surface area contributed by atoms with E-state index in [0.717, 1.165) is 22.1 Å². The lowest BCUT2D eigenvalue weighted by Crippen LogP contribution is -2.47. The van der Waals surface area contributed by atoms with Crippen LogP contribution in [0.5, 0.6) is 0 Å². The van der Waals surface area contributed by atoms with E-state index in [1.807, 2.05) is 19.9 Å². The molecule has 0 fully saturated rings. The average Bonchev–Trinajstić information content (AvgIpc) is 3.03. The topological polar surface area (TPSA) is 139 Å². The van der Waals surface area contributed by atoms with Gasteiger partial charge in [-0.2, -0.15) is 0 Å². The van der Waals surface area contributed by atoms with Gasteiger partial charge in [0.25, 0.3) is 0 Å². The van der Waals surface area contributed by atoms with Crippen LogP contribution in [0, 0.1) is 20.8 Å². The normalized spacial score (nSPS) is 12.1. The van der Waals surface area contributed by atoms with Crippen LogP contribution in [0.4, 0.5) is 0 Å². The lowest BCUT2D eigenvalue weighted by Gasteiger charge is -2.17. The molecule has 1 aromatic carbocycles. The summed E-state index contributed by atoms with van der Waals surface area (Å²) >= 11 is 0. The number of carboxylic acids is 1. The van der Waals surface area contributed by atoms with Crippen molar-refractivity contribution in [3.8, 4) is 0 Å². The summed E-state index contributed by atoms with van der Waals surface area (Å²) in [5.74, 6) is -1.03. The molecule has 0 saturated carbocycles. The van der Waals surface area contributed by atoms with Gasteiger partial charge in [0.2, 0.25) is 11.8 Å². The van der Waals surface area contributed by atoms with Crippen LogP contribution in [0.25, 0.3) is 21.9 Å². The predicted molar refractivity (Wildman–Crippen MR) is 122 cm³/mol. The zero-order valence-electron chi connectivity index (χ0n) is 19.2. The van der Waals surface area contributed by atoms with E-state index in [4.69, 9.17) is 13.9 Å². The third-order valence-electron chi connectivity index (χ3n) is 5.85. The van der Waals surface area contributed by atoms with Crippen molar-refractivity contribution in [3.63, 3.8) is 0 Å². The Morgan fingerprint density at radius 1 is 1.03 bits per heavy atom. The van der Waals surface area contributed by atoms with Crippen molar-refractivity contribution >= 4 is 39.7 Å². The summed E-state index contributed by atoms with van der Waals surface area (Å²) in [4.78, 5) is 48.1. The van der Waals surface area contributed by atoms with Gasteiger partial charge in [-0.25, -0.2) is 4.79 Å². The molecule has 2 aromatic heterocycles. The number of carboxylic acid groups (broad SMARTS) is 1. The number of nitrogens with one attached hydrogen (secondary N) is 2. The minimum atomic E-state index is -0.937. The van der Waals surface area contributed by atoms with Gasteiger partial charge in [-0.1, -0.05) is 6.92 Å². The van der Waals surface area contributed by atoms with Crippen molar-refractivity contribution in [1.82, 2.24) is 10.6 Å². The fourth-order valence-corrected chi connectivity index (χ4v) is 3.76. The summed E-state index contributed by atoms with van der Waals surface area (Å²) in [6.07, 6.45) is 0.365. The molecule has 3 N–H and O–H groups in total. The average molecular weight is 456 g/mol. The second-order valence-corrected chi connectivity index (χ2v) is 8.11. The second-order valence-electron chi connectivity index (χ2n) is 8.11. The summed E-state index contributed by atoms with van der Waals surface area (Å²) in [6.45, 7) is 7.53. The van der Waals surface area contributed by atoms with Crippen LogP contribution in [0.1, 0.15) is 48.6 Å². The molecule has 3 aromatic rings. The number of carbonyl (C=O) groups is 3. The van der Waals surface area contributed by atoms with Crippen LogP contribution in [-0.4, -0.2) is 35.5 Å². The molecule has 3 rings (SSSR count). The maximum atomic E-state index is 12.7. The highest BCUT2D eigenvalue weighted by molar-refractivity contribution is 5.97. The Morgan fingerprint density at radius 2 is 1.70 bits per heavy atom. The molecular formula is C24H28N2O7. The number of aryl methyl sites for hydroxylation is 3. The summed E-state index contributed by atoms with van der Waals surface area (Å²) in [7, 11) is 0. The third-order valence-corrected chi connectivity index (χ3v) is 5.85. The highest BCUT2D eigenvalue weighted by Gasteiger charge is 2.22. The number of hydrogen-bond acceptors (Lipinski definition) is 6. The van der Waals surface area contributed by atoms with Crippen molar-refractivity contribution in [2.24, 2.45) is 0 Å². The number of fused-ring (bicyclic) bond motifs is 2. The fourth-order valence-electron chi connectivity index (χ4n) is 3.76. The Labute approximate surface area is 190 Å². The van der Waals surface area contributed by atoms with Crippen molar-refractivity contribution in [1.29, 1.82) is 0 Å². The zero-order chi connectivity index (χ0) is 24.3. The molecule has 0 spiro atoms. The van der Waals surface area contributed by atoms with Gasteiger partial charge in [0, 0.05) is 29.8 Å². The molecule has 0 radical (unpaired) electrons. The fraction of sp³-hybridized carbons (Fsp3) is 0.417. The number of amides is 2. The maximum Gasteiger partial charge on any atom is 0.340 e. The van der Waals surface area contributed by atoms with Crippen LogP contribution < -0.4 is 16.3 Å². The van der Waals surface area contributed by atoms with Crippen molar-refractivity contribution in [2.75, 3.05) is 6.54 Å². The summed E-state index contributed by atoms with van der Waals surface area (Å²) < 4.78 is 11.2. The maximum absolute atomic E-state index is 12.7. The van der Waals surface area contributed by atoms with E-state index in [1.165, 1.54) is 0 Å². The number of hydrogen-bond donors (Lipinski definition) is 3. The van der Waals surface area contributed by atoms with Crippen LogP contribution in [-0.2, 0) is 20.8 Å². The van der Waals surface area contributed by atoms with Gasteiger partial charge in [-0.15, -0.1) is 0 Å².